The first-order valence-corrected chi connectivity index (χ1v) is 8.65. The second-order valence-electron chi connectivity index (χ2n) is 6.31. The Kier molecular flexibility index (Phi) is 5.57. The predicted octanol–water partition coefficient (Wildman–Crippen LogP) is 5.92. The Morgan fingerprint density at radius 2 is 1.27 bits per heavy atom. The van der Waals surface area contributed by atoms with Crippen molar-refractivity contribution in [3.8, 4) is 0 Å². The maximum atomic E-state index is 15.2. The molecule has 0 aromatic heterocycles. The lowest BCUT2D eigenvalue weighted by Crippen LogP contribution is -2.36. The van der Waals surface area contributed by atoms with Crippen molar-refractivity contribution in [1.82, 2.24) is 0 Å². The van der Waals surface area contributed by atoms with E-state index in [9.17, 15) is 4.79 Å². The van der Waals surface area contributed by atoms with Crippen LogP contribution in [0.2, 0.25) is 0 Å². The average molecular weight is 350 g/mol. The van der Waals surface area contributed by atoms with Gasteiger partial charge in [0, 0.05) is 5.56 Å². The van der Waals surface area contributed by atoms with Gasteiger partial charge in [0.05, 0.1) is 5.92 Å². The summed E-state index contributed by atoms with van der Waals surface area (Å²) in [4.78, 5) is 12.5. The highest BCUT2D eigenvalue weighted by Gasteiger charge is 2.47. The molecule has 0 aliphatic heterocycles. The summed E-state index contributed by atoms with van der Waals surface area (Å²) >= 11 is 0. The van der Waals surface area contributed by atoms with Crippen LogP contribution in [0, 0.1) is 0 Å². The van der Waals surface area contributed by atoms with Crippen LogP contribution in [0.1, 0.15) is 33.8 Å². The maximum Gasteiger partial charge on any atom is 0.316 e. The Hall–Kier alpha value is -2.81. The molecule has 3 aromatic carbocycles. The van der Waals surface area contributed by atoms with Gasteiger partial charge in [0.1, 0.15) is 0 Å². The van der Waals surface area contributed by atoms with Crippen LogP contribution in [-0.4, -0.2) is 11.7 Å². The zero-order chi connectivity index (χ0) is 18.4. The molecule has 1 atom stereocenters. The SMILES string of the molecule is O=C(c1ccccc1)C(F)(F)[C@@H](CCc1ccccc1)c1ccccc1. The number of ketones is 1. The largest absolute Gasteiger partial charge is 0.316 e. The molecule has 1 nitrogen and oxygen atoms in total. The molecule has 0 bridgehead atoms. The molecule has 0 amide bonds. The number of Topliss-reactive ketones (excluding diaryl/α,β-unsaturated/α-hetero) is 1. The van der Waals surface area contributed by atoms with Gasteiger partial charge in [0.25, 0.3) is 0 Å². The Morgan fingerprint density at radius 3 is 1.85 bits per heavy atom. The number of carbonyl (C=O) groups excluding carboxylic acids is 1. The molecule has 0 saturated heterocycles. The average Bonchev–Trinajstić information content (AvgIpc) is 2.69. The third kappa shape index (κ3) is 4.05. The first kappa shape index (κ1) is 18.0. The van der Waals surface area contributed by atoms with E-state index in [0.717, 1.165) is 5.56 Å². The highest BCUT2D eigenvalue weighted by Crippen LogP contribution is 2.39. The van der Waals surface area contributed by atoms with Crippen molar-refractivity contribution in [2.45, 2.75) is 24.7 Å². The van der Waals surface area contributed by atoms with E-state index in [0.29, 0.717) is 12.0 Å². The van der Waals surface area contributed by atoms with Crippen molar-refractivity contribution in [3.63, 3.8) is 0 Å². The van der Waals surface area contributed by atoms with Crippen LogP contribution >= 0.6 is 0 Å². The number of rotatable bonds is 7. The fourth-order valence-electron chi connectivity index (χ4n) is 3.14. The van der Waals surface area contributed by atoms with E-state index in [2.05, 4.69) is 0 Å². The van der Waals surface area contributed by atoms with Crippen molar-refractivity contribution in [2.24, 2.45) is 0 Å². The quantitative estimate of drug-likeness (QED) is 0.483. The Labute approximate surface area is 152 Å². The van der Waals surface area contributed by atoms with Crippen LogP contribution in [0.15, 0.2) is 91.0 Å². The van der Waals surface area contributed by atoms with Gasteiger partial charge in [0.15, 0.2) is 0 Å². The summed E-state index contributed by atoms with van der Waals surface area (Å²) in [5.41, 5.74) is 1.51. The molecule has 0 spiro atoms. The predicted molar refractivity (Wildman–Crippen MR) is 99.7 cm³/mol. The molecule has 0 unspecified atom stereocenters. The molecule has 0 fully saturated rings. The van der Waals surface area contributed by atoms with Crippen molar-refractivity contribution >= 4 is 5.78 Å². The normalized spacial score (nSPS) is 12.5. The fourth-order valence-corrected chi connectivity index (χ4v) is 3.14. The van der Waals surface area contributed by atoms with Gasteiger partial charge < -0.3 is 0 Å². The summed E-state index contributed by atoms with van der Waals surface area (Å²) in [6, 6.07) is 25.9. The highest BCUT2D eigenvalue weighted by atomic mass is 19.3. The van der Waals surface area contributed by atoms with Crippen LogP contribution in [0.3, 0.4) is 0 Å². The van der Waals surface area contributed by atoms with E-state index in [1.54, 1.807) is 48.5 Å². The number of carbonyl (C=O) groups is 1. The minimum Gasteiger partial charge on any atom is -0.287 e. The first-order valence-electron chi connectivity index (χ1n) is 8.65. The van der Waals surface area contributed by atoms with Gasteiger partial charge >= 0.3 is 5.92 Å². The molecule has 0 heterocycles. The number of benzene rings is 3. The number of hydrogen-bond donors (Lipinski definition) is 0. The van der Waals surface area contributed by atoms with Gasteiger partial charge in [-0.05, 0) is 24.0 Å². The zero-order valence-corrected chi connectivity index (χ0v) is 14.3. The number of alkyl halides is 2. The summed E-state index contributed by atoms with van der Waals surface area (Å²) in [5, 5.41) is 0. The summed E-state index contributed by atoms with van der Waals surface area (Å²) in [5.74, 6) is -5.77. The summed E-state index contributed by atoms with van der Waals surface area (Å²) in [7, 11) is 0. The lowest BCUT2D eigenvalue weighted by Gasteiger charge is -2.26. The highest BCUT2D eigenvalue weighted by molar-refractivity contribution is 6.02. The van der Waals surface area contributed by atoms with E-state index < -0.39 is 17.6 Å². The van der Waals surface area contributed by atoms with Gasteiger partial charge in [-0.2, -0.15) is 8.78 Å². The molecule has 0 N–H and O–H groups in total. The van der Waals surface area contributed by atoms with Crippen LogP contribution in [0.4, 0.5) is 8.78 Å². The maximum absolute atomic E-state index is 15.2. The molecule has 3 rings (SSSR count). The van der Waals surface area contributed by atoms with Gasteiger partial charge in [-0.15, -0.1) is 0 Å². The van der Waals surface area contributed by atoms with Gasteiger partial charge in [-0.3, -0.25) is 4.79 Å². The Morgan fingerprint density at radius 1 is 0.769 bits per heavy atom. The number of halogens is 2. The molecule has 3 heteroatoms. The standard InChI is InChI=1S/C23H20F2O/c24-23(25,22(26)20-14-8-3-9-15-20)21(19-12-6-2-7-13-19)17-16-18-10-4-1-5-11-18/h1-15,21H,16-17H2/t21-/m0/s1. The van der Waals surface area contributed by atoms with Crippen LogP contribution in [0.25, 0.3) is 0 Å². The zero-order valence-electron chi connectivity index (χ0n) is 14.3. The van der Waals surface area contributed by atoms with Crippen molar-refractivity contribution < 1.29 is 13.6 Å². The molecule has 132 valence electrons. The van der Waals surface area contributed by atoms with E-state index in [1.165, 1.54) is 12.1 Å². The monoisotopic (exact) mass is 350 g/mol. The van der Waals surface area contributed by atoms with Crippen molar-refractivity contribution in [1.29, 1.82) is 0 Å². The van der Waals surface area contributed by atoms with Gasteiger partial charge in [-0.1, -0.05) is 91.0 Å². The summed E-state index contributed by atoms with van der Waals surface area (Å²) in [6.45, 7) is 0. The lowest BCUT2D eigenvalue weighted by atomic mass is 9.83. The molecule has 0 aliphatic rings. The minimum absolute atomic E-state index is 0.0399. The molecular weight excluding hydrogens is 330 g/mol. The lowest BCUT2D eigenvalue weighted by molar-refractivity contribution is -0.0103. The minimum atomic E-state index is -3.47. The molecule has 0 saturated carbocycles. The molecule has 26 heavy (non-hydrogen) atoms. The van der Waals surface area contributed by atoms with E-state index in [1.807, 2.05) is 30.3 Å². The topological polar surface area (TPSA) is 17.1 Å². The second kappa shape index (κ2) is 8.05. The van der Waals surface area contributed by atoms with E-state index in [4.69, 9.17) is 0 Å². The Balaban J connectivity index is 1.90. The van der Waals surface area contributed by atoms with Crippen LogP contribution in [0.5, 0.6) is 0 Å². The fraction of sp³-hybridized carbons (Fsp3) is 0.174. The summed E-state index contributed by atoms with van der Waals surface area (Å²) in [6.07, 6.45) is 0.678. The van der Waals surface area contributed by atoms with Gasteiger partial charge in [-0.25, -0.2) is 0 Å². The third-order valence-corrected chi connectivity index (χ3v) is 4.54. The molecule has 0 aliphatic carbocycles. The number of hydrogen-bond acceptors (Lipinski definition) is 1. The summed E-state index contributed by atoms with van der Waals surface area (Å²) < 4.78 is 30.4. The molecule has 0 radical (unpaired) electrons. The van der Waals surface area contributed by atoms with E-state index >= 15 is 8.78 Å². The van der Waals surface area contributed by atoms with Crippen LogP contribution < -0.4 is 0 Å². The number of aryl methyl sites for hydroxylation is 1. The Bertz CT molecular complexity index is 830. The first-order chi connectivity index (χ1) is 12.6. The smallest absolute Gasteiger partial charge is 0.287 e. The third-order valence-electron chi connectivity index (χ3n) is 4.54. The molecule has 3 aromatic rings. The van der Waals surface area contributed by atoms with E-state index in [-0.39, 0.29) is 12.0 Å². The second-order valence-corrected chi connectivity index (χ2v) is 6.31. The van der Waals surface area contributed by atoms with Gasteiger partial charge in [0.2, 0.25) is 5.78 Å². The molecular formula is C23H20F2O. The van der Waals surface area contributed by atoms with Crippen LogP contribution in [-0.2, 0) is 6.42 Å². The van der Waals surface area contributed by atoms with Crippen molar-refractivity contribution in [2.75, 3.05) is 0 Å². The van der Waals surface area contributed by atoms with Crippen molar-refractivity contribution in [3.05, 3.63) is 108 Å².